The van der Waals surface area contributed by atoms with Crippen molar-refractivity contribution in [1.29, 1.82) is 5.26 Å². The second kappa shape index (κ2) is 9.49. The Balaban J connectivity index is 1.62. The summed E-state index contributed by atoms with van der Waals surface area (Å²) in [7, 11) is 1.83. The molecule has 29 heavy (non-hydrogen) atoms. The first-order valence-electron chi connectivity index (χ1n) is 11.0. The van der Waals surface area contributed by atoms with E-state index in [0.29, 0.717) is 6.61 Å². The van der Waals surface area contributed by atoms with Crippen molar-refractivity contribution in [3.8, 4) is 11.8 Å². The molecule has 0 bridgehead atoms. The van der Waals surface area contributed by atoms with E-state index in [1.54, 1.807) is 4.90 Å². The maximum absolute atomic E-state index is 13.2. The van der Waals surface area contributed by atoms with Gasteiger partial charge in [0.25, 0.3) is 5.91 Å². The summed E-state index contributed by atoms with van der Waals surface area (Å²) in [5.74, 6) is 1.03. The summed E-state index contributed by atoms with van der Waals surface area (Å²) in [5.41, 5.74) is 0.525. The van der Waals surface area contributed by atoms with Gasteiger partial charge in [-0.05, 0) is 38.8 Å². The molecule has 1 aromatic carbocycles. The van der Waals surface area contributed by atoms with Gasteiger partial charge in [0.15, 0.2) is 6.04 Å². The molecule has 3 rings (SSSR count). The molecular formula is C23H35N4O2+. The summed E-state index contributed by atoms with van der Waals surface area (Å²) in [6, 6.07) is 10.5. The van der Waals surface area contributed by atoms with Crippen LogP contribution in [-0.2, 0) is 4.79 Å². The van der Waals surface area contributed by atoms with Gasteiger partial charge in [-0.3, -0.25) is 4.79 Å². The molecule has 158 valence electrons. The van der Waals surface area contributed by atoms with Crippen LogP contribution in [0.3, 0.4) is 0 Å². The number of likely N-dealkylation sites (N-methyl/N-ethyl adjacent to an activating group) is 1. The number of carbonyl (C=O) groups excluding carboxylic acids is 1. The minimum Gasteiger partial charge on any atom is -0.492 e. The lowest BCUT2D eigenvalue weighted by Gasteiger charge is -2.42. The molecular weight excluding hydrogens is 364 g/mol. The maximum atomic E-state index is 13.2. The monoisotopic (exact) mass is 399 g/mol. The molecule has 0 spiro atoms. The average Bonchev–Trinajstić information content (AvgIpc) is 2.79. The predicted molar refractivity (Wildman–Crippen MR) is 114 cm³/mol. The minimum atomic E-state index is -0.610. The van der Waals surface area contributed by atoms with Gasteiger partial charge in [-0.1, -0.05) is 31.4 Å². The number of piperazine rings is 1. The molecule has 1 atom stereocenters. The van der Waals surface area contributed by atoms with Gasteiger partial charge in [-0.25, -0.2) is 0 Å². The van der Waals surface area contributed by atoms with Crippen LogP contribution in [0.1, 0.15) is 46.0 Å². The summed E-state index contributed by atoms with van der Waals surface area (Å²) in [4.78, 5) is 18.6. The van der Waals surface area contributed by atoms with Gasteiger partial charge in [-0.15, -0.1) is 0 Å². The zero-order chi connectivity index (χ0) is 20.9. The number of para-hydroxylation sites is 2. The van der Waals surface area contributed by atoms with Crippen molar-refractivity contribution in [2.75, 3.05) is 44.7 Å². The molecule has 1 aliphatic carbocycles. The molecule has 1 N–H and O–H groups in total. The second-order valence-electron chi connectivity index (χ2n) is 8.37. The van der Waals surface area contributed by atoms with Gasteiger partial charge in [0.1, 0.15) is 11.3 Å². The molecule has 0 unspecified atom stereocenters. The van der Waals surface area contributed by atoms with Crippen LogP contribution >= 0.6 is 0 Å². The maximum Gasteiger partial charge on any atom is 0.281 e. The molecule has 1 saturated heterocycles. The van der Waals surface area contributed by atoms with Crippen molar-refractivity contribution in [3.05, 3.63) is 24.3 Å². The smallest absolute Gasteiger partial charge is 0.281 e. The van der Waals surface area contributed by atoms with Crippen LogP contribution in [0, 0.1) is 11.3 Å². The topological polar surface area (TPSA) is 61.0 Å². The summed E-state index contributed by atoms with van der Waals surface area (Å²) < 4.78 is 5.78. The molecule has 2 aliphatic rings. The van der Waals surface area contributed by atoms with Crippen molar-refractivity contribution in [3.63, 3.8) is 0 Å². The number of nitrogens with zero attached hydrogens (tertiary/aromatic N) is 3. The van der Waals surface area contributed by atoms with Crippen molar-refractivity contribution in [2.45, 2.75) is 57.5 Å². The van der Waals surface area contributed by atoms with Crippen LogP contribution < -0.4 is 14.5 Å². The summed E-state index contributed by atoms with van der Waals surface area (Å²) in [6.45, 7) is 8.27. The van der Waals surface area contributed by atoms with E-state index in [1.807, 2.05) is 39.1 Å². The number of ether oxygens (including phenoxy) is 1. The lowest BCUT2D eigenvalue weighted by Crippen LogP contribution is -3.19. The number of quaternary nitrogens is 1. The standard InChI is InChI=1S/C23H34N4O2/c1-4-29-21-11-7-6-10-20(21)27-16-14-26(15-17-27)19(2)22(28)25(3)23(18-24)12-8-5-9-13-23/h6-7,10-11,19H,4-5,8-9,12-17H2,1-3H3/p+1/t19-/m0/s1. The highest BCUT2D eigenvalue weighted by atomic mass is 16.5. The van der Waals surface area contributed by atoms with E-state index < -0.39 is 5.54 Å². The number of hydrogen-bond donors (Lipinski definition) is 1. The lowest BCUT2D eigenvalue weighted by atomic mass is 9.81. The molecule has 0 aromatic heterocycles. The van der Waals surface area contributed by atoms with Crippen molar-refractivity contribution in [2.24, 2.45) is 0 Å². The molecule has 6 nitrogen and oxygen atoms in total. The highest BCUT2D eigenvalue weighted by Gasteiger charge is 2.42. The van der Waals surface area contributed by atoms with Crippen molar-refractivity contribution in [1.82, 2.24) is 4.90 Å². The fraction of sp³-hybridized carbons (Fsp3) is 0.652. The normalized spacial score (nSPS) is 20.6. The third-order valence-corrected chi connectivity index (χ3v) is 6.76. The number of benzene rings is 1. The number of nitrogens with one attached hydrogen (secondary N) is 1. The van der Waals surface area contributed by atoms with Gasteiger partial charge < -0.3 is 19.4 Å². The number of nitriles is 1. The Morgan fingerprint density at radius 1 is 1.28 bits per heavy atom. The number of anilines is 1. The van der Waals surface area contributed by atoms with E-state index in [2.05, 4.69) is 17.0 Å². The highest BCUT2D eigenvalue weighted by Crippen LogP contribution is 2.32. The second-order valence-corrected chi connectivity index (χ2v) is 8.37. The van der Waals surface area contributed by atoms with E-state index in [0.717, 1.165) is 69.7 Å². The third kappa shape index (κ3) is 4.51. The number of hydrogen-bond acceptors (Lipinski definition) is 4. The van der Waals surface area contributed by atoms with Crippen LogP contribution in [0.5, 0.6) is 5.75 Å². The van der Waals surface area contributed by atoms with Crippen LogP contribution in [0.4, 0.5) is 5.69 Å². The van der Waals surface area contributed by atoms with Gasteiger partial charge in [0.2, 0.25) is 0 Å². The van der Waals surface area contributed by atoms with Gasteiger partial charge in [0, 0.05) is 7.05 Å². The van der Waals surface area contributed by atoms with E-state index in [9.17, 15) is 10.1 Å². The van der Waals surface area contributed by atoms with E-state index in [1.165, 1.54) is 4.90 Å². The van der Waals surface area contributed by atoms with Gasteiger partial charge >= 0.3 is 0 Å². The molecule has 1 aliphatic heterocycles. The number of carbonyl (C=O) groups is 1. The first-order chi connectivity index (χ1) is 14.0. The first kappa shape index (κ1) is 21.4. The summed E-state index contributed by atoms with van der Waals surface area (Å²) >= 11 is 0. The molecule has 1 heterocycles. The highest BCUT2D eigenvalue weighted by molar-refractivity contribution is 5.81. The first-order valence-corrected chi connectivity index (χ1v) is 11.0. The van der Waals surface area contributed by atoms with Crippen LogP contribution in [0.25, 0.3) is 0 Å². The van der Waals surface area contributed by atoms with E-state index in [-0.39, 0.29) is 11.9 Å². The largest absolute Gasteiger partial charge is 0.492 e. The quantitative estimate of drug-likeness (QED) is 0.793. The Bertz CT molecular complexity index is 731. The van der Waals surface area contributed by atoms with Gasteiger partial charge in [-0.2, -0.15) is 5.26 Å². The zero-order valence-corrected chi connectivity index (χ0v) is 18.1. The lowest BCUT2D eigenvalue weighted by molar-refractivity contribution is -0.915. The molecule has 2 fully saturated rings. The Labute approximate surface area is 175 Å². The summed E-state index contributed by atoms with van der Waals surface area (Å²) in [6.07, 6.45) is 4.83. The van der Waals surface area contributed by atoms with Crippen molar-refractivity contribution < 1.29 is 14.4 Å². The Morgan fingerprint density at radius 3 is 2.55 bits per heavy atom. The van der Waals surface area contributed by atoms with Crippen LogP contribution in [0.15, 0.2) is 24.3 Å². The van der Waals surface area contributed by atoms with E-state index >= 15 is 0 Å². The fourth-order valence-electron chi connectivity index (χ4n) is 4.80. The Hall–Kier alpha value is -2.26. The average molecular weight is 400 g/mol. The van der Waals surface area contributed by atoms with Crippen molar-refractivity contribution >= 4 is 11.6 Å². The SMILES string of the molecule is CCOc1ccccc1N1CC[NH+]([C@@H](C)C(=O)N(C)C2(C#N)CCCCC2)CC1. The third-order valence-electron chi connectivity index (χ3n) is 6.76. The molecule has 1 amide bonds. The predicted octanol–water partition coefficient (Wildman–Crippen LogP) is 1.86. The fourth-order valence-corrected chi connectivity index (χ4v) is 4.80. The van der Waals surface area contributed by atoms with E-state index in [4.69, 9.17) is 4.74 Å². The van der Waals surface area contributed by atoms with Gasteiger partial charge in [0.05, 0.1) is 44.5 Å². The van der Waals surface area contributed by atoms with Crippen LogP contribution in [0.2, 0.25) is 0 Å². The molecule has 0 radical (unpaired) electrons. The molecule has 1 aromatic rings. The number of rotatable bonds is 6. The molecule has 6 heteroatoms. The zero-order valence-electron chi connectivity index (χ0n) is 18.1. The minimum absolute atomic E-state index is 0.103. The molecule has 1 saturated carbocycles. The Morgan fingerprint density at radius 2 is 1.93 bits per heavy atom. The van der Waals surface area contributed by atoms with Crippen LogP contribution in [-0.4, -0.2) is 62.2 Å². The summed E-state index contributed by atoms with van der Waals surface area (Å²) in [5, 5.41) is 9.81. The number of amides is 1. The Kier molecular flexibility index (Phi) is 7.02.